The molecule has 2 bridgehead atoms. The van der Waals surface area contributed by atoms with Crippen LogP contribution in [0.1, 0.15) is 36.2 Å². The van der Waals surface area contributed by atoms with Crippen LogP contribution in [0.5, 0.6) is 0 Å². The van der Waals surface area contributed by atoms with Gasteiger partial charge in [-0.1, -0.05) is 11.6 Å². The highest BCUT2D eigenvalue weighted by atomic mass is 35.5. The van der Waals surface area contributed by atoms with Crippen LogP contribution in [0.25, 0.3) is 0 Å². The number of hydrogen-bond acceptors (Lipinski definition) is 4. The highest BCUT2D eigenvalue weighted by Crippen LogP contribution is 2.36. The molecule has 108 valence electrons. The maximum absolute atomic E-state index is 12.0. The summed E-state index contributed by atoms with van der Waals surface area (Å²) >= 11 is 5.74. The summed E-state index contributed by atoms with van der Waals surface area (Å²) in [5, 5.41) is 3.21. The van der Waals surface area contributed by atoms with E-state index in [1.165, 1.54) is 38.1 Å². The normalized spacial score (nSPS) is 29.4. The van der Waals surface area contributed by atoms with E-state index in [0.29, 0.717) is 24.5 Å². The first-order valence-electron chi connectivity index (χ1n) is 7.11. The second-order valence-electron chi connectivity index (χ2n) is 5.82. The van der Waals surface area contributed by atoms with E-state index in [9.17, 15) is 4.79 Å². The van der Waals surface area contributed by atoms with E-state index >= 15 is 0 Å². The Morgan fingerprint density at radius 3 is 2.75 bits per heavy atom. The summed E-state index contributed by atoms with van der Waals surface area (Å²) < 4.78 is 0. The van der Waals surface area contributed by atoms with Crippen LogP contribution in [0.4, 0.5) is 0 Å². The minimum atomic E-state index is -0.189. The third-order valence-electron chi connectivity index (χ3n) is 4.58. The lowest BCUT2D eigenvalue weighted by Gasteiger charge is -2.36. The third kappa shape index (κ3) is 2.79. The number of nitrogens with zero attached hydrogens (tertiary/aromatic N) is 3. The van der Waals surface area contributed by atoms with Crippen LogP contribution >= 0.6 is 11.6 Å². The quantitative estimate of drug-likeness (QED) is 0.922. The number of hydrogen-bond donors (Lipinski definition) is 1. The smallest absolute Gasteiger partial charge is 0.271 e. The van der Waals surface area contributed by atoms with E-state index in [1.54, 1.807) is 0 Å². The summed E-state index contributed by atoms with van der Waals surface area (Å²) in [5.74, 6) is 0.381. The molecule has 2 unspecified atom stereocenters. The van der Waals surface area contributed by atoms with Crippen molar-refractivity contribution in [2.24, 2.45) is 5.92 Å². The van der Waals surface area contributed by atoms with Crippen molar-refractivity contribution in [2.45, 2.75) is 37.8 Å². The molecule has 2 fully saturated rings. The largest absolute Gasteiger partial charge is 0.350 e. The van der Waals surface area contributed by atoms with Crippen molar-refractivity contribution in [1.82, 2.24) is 20.2 Å². The number of aromatic nitrogens is 2. The fraction of sp³-hybridized carbons (Fsp3) is 0.643. The molecule has 1 aromatic rings. The van der Waals surface area contributed by atoms with E-state index in [1.807, 2.05) is 0 Å². The van der Waals surface area contributed by atoms with Crippen LogP contribution in [-0.2, 0) is 0 Å². The zero-order valence-corrected chi connectivity index (χ0v) is 12.3. The minimum absolute atomic E-state index is 0.189. The number of amides is 1. The molecule has 0 spiro atoms. The molecule has 2 aliphatic rings. The van der Waals surface area contributed by atoms with Crippen LogP contribution in [0, 0.1) is 5.92 Å². The van der Waals surface area contributed by atoms with Gasteiger partial charge in [-0.05, 0) is 38.6 Å². The minimum Gasteiger partial charge on any atom is -0.350 e. The number of rotatable bonds is 3. The molecule has 0 aliphatic carbocycles. The third-order valence-corrected chi connectivity index (χ3v) is 4.77. The molecule has 5 nitrogen and oxygen atoms in total. The molecule has 0 saturated carbocycles. The Hall–Kier alpha value is -1.20. The molecule has 3 heterocycles. The van der Waals surface area contributed by atoms with Gasteiger partial charge in [0.2, 0.25) is 0 Å². The van der Waals surface area contributed by atoms with Crippen molar-refractivity contribution in [2.75, 3.05) is 13.6 Å². The van der Waals surface area contributed by atoms with Crippen LogP contribution in [0.2, 0.25) is 5.15 Å². The van der Waals surface area contributed by atoms with Crippen molar-refractivity contribution in [3.8, 4) is 0 Å². The molecular weight excluding hydrogens is 276 g/mol. The predicted molar refractivity (Wildman–Crippen MR) is 76.7 cm³/mol. The summed E-state index contributed by atoms with van der Waals surface area (Å²) in [5.41, 5.74) is 0.286. The number of piperidine rings is 1. The molecule has 0 aromatic carbocycles. The van der Waals surface area contributed by atoms with E-state index in [-0.39, 0.29) is 16.8 Å². The zero-order chi connectivity index (χ0) is 14.1. The highest BCUT2D eigenvalue weighted by molar-refractivity contribution is 6.29. The van der Waals surface area contributed by atoms with Gasteiger partial charge in [0.25, 0.3) is 5.91 Å². The number of halogens is 1. The average Bonchev–Trinajstić information content (AvgIpc) is 2.66. The van der Waals surface area contributed by atoms with E-state index in [0.717, 1.165) is 0 Å². The Bertz CT molecular complexity index is 496. The van der Waals surface area contributed by atoms with Gasteiger partial charge in [-0.3, -0.25) is 9.78 Å². The maximum Gasteiger partial charge on any atom is 0.271 e. The molecular formula is C14H19ClN4O. The van der Waals surface area contributed by atoms with Gasteiger partial charge in [-0.15, -0.1) is 0 Å². The van der Waals surface area contributed by atoms with Gasteiger partial charge in [-0.2, -0.15) is 0 Å². The lowest BCUT2D eigenvalue weighted by molar-refractivity contribution is 0.0912. The number of carbonyl (C=O) groups excluding carboxylic acids is 1. The SMILES string of the molecule is CN1C2CCC1CC(CNC(=O)c1cncc(Cl)n1)C2. The Balaban J connectivity index is 1.54. The van der Waals surface area contributed by atoms with Crippen LogP contribution in [-0.4, -0.2) is 46.5 Å². The predicted octanol–water partition coefficient (Wildman–Crippen LogP) is 1.73. The summed E-state index contributed by atoms with van der Waals surface area (Å²) in [6.07, 6.45) is 7.81. The summed E-state index contributed by atoms with van der Waals surface area (Å²) in [6, 6.07) is 1.39. The topological polar surface area (TPSA) is 58.1 Å². The van der Waals surface area contributed by atoms with Gasteiger partial charge < -0.3 is 10.2 Å². The van der Waals surface area contributed by atoms with Crippen LogP contribution in [0.3, 0.4) is 0 Å². The lowest BCUT2D eigenvalue weighted by Crippen LogP contribution is -2.43. The van der Waals surface area contributed by atoms with Gasteiger partial charge in [0.05, 0.1) is 12.4 Å². The fourth-order valence-electron chi connectivity index (χ4n) is 3.47. The number of fused-ring (bicyclic) bond motifs is 2. The van der Waals surface area contributed by atoms with E-state index < -0.39 is 0 Å². The van der Waals surface area contributed by atoms with Gasteiger partial charge in [0.15, 0.2) is 0 Å². The van der Waals surface area contributed by atoms with Gasteiger partial charge in [0.1, 0.15) is 10.8 Å². The first-order valence-corrected chi connectivity index (χ1v) is 7.49. The first kappa shape index (κ1) is 13.8. The monoisotopic (exact) mass is 294 g/mol. The maximum atomic E-state index is 12.0. The van der Waals surface area contributed by atoms with Crippen molar-refractivity contribution < 1.29 is 4.79 Å². The zero-order valence-electron chi connectivity index (χ0n) is 11.6. The Morgan fingerprint density at radius 2 is 2.10 bits per heavy atom. The Kier molecular flexibility index (Phi) is 3.89. The van der Waals surface area contributed by atoms with Crippen LogP contribution < -0.4 is 5.32 Å². The van der Waals surface area contributed by atoms with E-state index in [2.05, 4.69) is 27.2 Å². The van der Waals surface area contributed by atoms with Crippen molar-refractivity contribution in [3.05, 3.63) is 23.2 Å². The molecule has 1 amide bonds. The first-order chi connectivity index (χ1) is 9.63. The molecule has 2 saturated heterocycles. The van der Waals surface area contributed by atoms with E-state index in [4.69, 9.17) is 11.6 Å². The standard InChI is InChI=1S/C14H19ClN4O/c1-19-10-2-3-11(19)5-9(4-10)6-17-14(20)12-7-16-8-13(15)18-12/h7-11H,2-6H2,1H3,(H,17,20). The van der Waals surface area contributed by atoms with Crippen molar-refractivity contribution in [1.29, 1.82) is 0 Å². The summed E-state index contributed by atoms with van der Waals surface area (Å²) in [6.45, 7) is 0.716. The molecule has 0 radical (unpaired) electrons. The second-order valence-corrected chi connectivity index (χ2v) is 6.21. The summed E-state index contributed by atoms with van der Waals surface area (Å²) in [4.78, 5) is 22.4. The van der Waals surface area contributed by atoms with Gasteiger partial charge >= 0.3 is 0 Å². The highest BCUT2D eigenvalue weighted by Gasteiger charge is 2.38. The van der Waals surface area contributed by atoms with Gasteiger partial charge in [-0.25, -0.2) is 4.98 Å². The second kappa shape index (κ2) is 5.66. The van der Waals surface area contributed by atoms with Crippen molar-refractivity contribution >= 4 is 17.5 Å². The Morgan fingerprint density at radius 1 is 1.40 bits per heavy atom. The van der Waals surface area contributed by atoms with Crippen LogP contribution in [0.15, 0.2) is 12.4 Å². The molecule has 2 aliphatic heterocycles. The molecule has 6 heteroatoms. The Labute approximate surface area is 123 Å². The molecule has 3 rings (SSSR count). The van der Waals surface area contributed by atoms with Crippen molar-refractivity contribution in [3.63, 3.8) is 0 Å². The molecule has 1 N–H and O–H groups in total. The molecule has 1 aromatic heterocycles. The number of carbonyl (C=O) groups is 1. The lowest BCUT2D eigenvalue weighted by atomic mass is 9.91. The average molecular weight is 295 g/mol. The number of nitrogens with one attached hydrogen (secondary N) is 1. The molecule has 2 atom stereocenters. The molecule has 20 heavy (non-hydrogen) atoms. The van der Waals surface area contributed by atoms with Gasteiger partial charge in [0, 0.05) is 18.6 Å². The fourth-order valence-corrected chi connectivity index (χ4v) is 3.62. The summed E-state index contributed by atoms with van der Waals surface area (Å²) in [7, 11) is 2.22.